The quantitative estimate of drug-likeness (QED) is 0.0777. The van der Waals surface area contributed by atoms with Gasteiger partial charge in [-0.25, -0.2) is 25.3 Å². The number of hydrogen-bond acceptors (Lipinski definition) is 11. The van der Waals surface area contributed by atoms with E-state index in [0.29, 0.717) is 5.03 Å². The first-order chi connectivity index (χ1) is 17.7. The second-order valence-electron chi connectivity index (χ2n) is 7.36. The molecule has 42 heavy (non-hydrogen) atoms. The molecular weight excluding hydrogens is 859 g/mol. The molecule has 4 rings (SSSR count). The Labute approximate surface area is 333 Å². The predicted octanol–water partition coefficient (Wildman–Crippen LogP) is -7.85. The minimum absolute atomic E-state index is 0. The van der Waals surface area contributed by atoms with Crippen LogP contribution < -0.4 is 105 Å². The smallest absolute Gasteiger partial charge is 0.760 e. The van der Waals surface area contributed by atoms with Crippen LogP contribution in [0.5, 0.6) is 0 Å². The summed E-state index contributed by atoms with van der Waals surface area (Å²) >= 11 is 4.70. The van der Waals surface area contributed by atoms with Gasteiger partial charge in [0.2, 0.25) is 0 Å². The van der Waals surface area contributed by atoms with Gasteiger partial charge in [0.25, 0.3) is 0 Å². The van der Waals surface area contributed by atoms with E-state index in [2.05, 4.69) is 4.98 Å². The van der Waals surface area contributed by atoms with Crippen molar-refractivity contribution in [2.24, 2.45) is 0 Å². The summed E-state index contributed by atoms with van der Waals surface area (Å²) in [6.07, 6.45) is 1.68. The summed E-state index contributed by atoms with van der Waals surface area (Å²) in [4.78, 5) is 2.16. The summed E-state index contributed by atoms with van der Waals surface area (Å²) in [5, 5.41) is 1.43. The number of benzene rings is 3. The molecule has 0 saturated carbocycles. The maximum Gasteiger partial charge on any atom is 1.00 e. The van der Waals surface area contributed by atoms with Gasteiger partial charge in [0.1, 0.15) is 30.4 Å². The van der Waals surface area contributed by atoms with Gasteiger partial charge in [0, 0.05) is 6.20 Å². The Kier molecular flexibility index (Phi) is 21.0. The fourth-order valence-electron chi connectivity index (χ4n) is 3.13. The number of rotatable bonds is 6. The van der Waals surface area contributed by atoms with E-state index in [1.807, 2.05) is 12.1 Å². The fraction of sp³-hybridized carbons (Fsp3) is 0. The molecule has 0 aliphatic carbocycles. The monoisotopic (exact) mass is 875 g/mol. The minimum Gasteiger partial charge on any atom is -0.760 e. The van der Waals surface area contributed by atoms with E-state index >= 15 is 0 Å². The fourth-order valence-corrected chi connectivity index (χ4v) is 7.48. The Bertz CT molecular complexity index is 1610. The van der Waals surface area contributed by atoms with E-state index in [0.717, 1.165) is 36.4 Å². The average molecular weight is 876 g/mol. The van der Waals surface area contributed by atoms with Gasteiger partial charge >= 0.3 is 111 Å². The molecule has 1 heterocycles. The third kappa shape index (κ3) is 13.7. The molecule has 3 aromatic carbocycles. The summed E-state index contributed by atoms with van der Waals surface area (Å²) < 4.78 is 103. The molecule has 0 bridgehead atoms. The molecule has 19 heteroatoms. The van der Waals surface area contributed by atoms with Crippen LogP contribution in [0, 0.1) is 0 Å². The van der Waals surface area contributed by atoms with Crippen molar-refractivity contribution in [3.8, 4) is 0 Å². The third-order valence-corrected chi connectivity index (χ3v) is 9.85. The SMILES string of the molecule is O=S(=O)([O-])c1cccc(P(c2cccc(S(=O)(=O)[O-])c2)c2cccc(S(=O)(=O)[O-])c2)c1.[Au+].[Na+].[Na+].[Na+].[S-]c1ccccn1. The summed E-state index contributed by atoms with van der Waals surface area (Å²) in [6, 6.07) is 20.3. The molecule has 10 nitrogen and oxygen atoms in total. The molecular formula is C23H16AuNNa3O9PS4. The molecule has 0 fully saturated rings. The van der Waals surface area contributed by atoms with Gasteiger partial charge in [0.15, 0.2) is 0 Å². The molecule has 0 aliphatic heterocycles. The zero-order valence-corrected chi connectivity index (χ0v) is 34.6. The maximum absolute atomic E-state index is 11.5. The summed E-state index contributed by atoms with van der Waals surface area (Å²) in [7, 11) is -16.3. The topological polar surface area (TPSA) is 184 Å². The van der Waals surface area contributed by atoms with Crippen LogP contribution in [0.4, 0.5) is 0 Å². The Hall–Kier alpha value is 0.930. The van der Waals surface area contributed by atoms with E-state index in [-0.39, 0.29) is 127 Å². The van der Waals surface area contributed by atoms with Crippen LogP contribution in [-0.4, -0.2) is 43.9 Å². The molecule has 0 aliphatic rings. The largest absolute Gasteiger partial charge is 1.00 e. The van der Waals surface area contributed by atoms with Gasteiger partial charge in [-0.05, 0) is 66.3 Å². The molecule has 0 unspecified atom stereocenters. The normalized spacial score (nSPS) is 10.9. The average Bonchev–Trinajstić information content (AvgIpc) is 2.84. The molecule has 0 saturated heterocycles. The van der Waals surface area contributed by atoms with Crippen LogP contribution in [-0.2, 0) is 65.4 Å². The van der Waals surface area contributed by atoms with Gasteiger partial charge in [0.05, 0.1) is 14.7 Å². The van der Waals surface area contributed by atoms with E-state index in [4.69, 9.17) is 12.6 Å². The molecule has 0 amide bonds. The van der Waals surface area contributed by atoms with E-state index in [9.17, 15) is 38.9 Å². The summed E-state index contributed by atoms with van der Waals surface area (Å²) in [5.41, 5.74) is 0. The first-order valence-electron chi connectivity index (χ1n) is 10.2. The number of hydrogen-bond donors (Lipinski definition) is 0. The number of pyridine rings is 1. The minimum atomic E-state index is -4.82. The van der Waals surface area contributed by atoms with Crippen molar-refractivity contribution in [1.29, 1.82) is 0 Å². The van der Waals surface area contributed by atoms with Gasteiger partial charge in [-0.2, -0.15) is 0 Å². The van der Waals surface area contributed by atoms with Gasteiger partial charge < -0.3 is 26.3 Å². The maximum atomic E-state index is 11.5. The second kappa shape index (κ2) is 19.6. The van der Waals surface area contributed by atoms with E-state index in [1.165, 1.54) is 36.4 Å². The molecule has 0 N–H and O–H groups in total. The van der Waals surface area contributed by atoms with E-state index in [1.54, 1.807) is 12.3 Å². The molecule has 1 aromatic heterocycles. The second-order valence-corrected chi connectivity index (χ2v) is 14.1. The van der Waals surface area contributed by atoms with Crippen LogP contribution in [0.25, 0.3) is 0 Å². The van der Waals surface area contributed by atoms with Crippen molar-refractivity contribution in [1.82, 2.24) is 4.98 Å². The Morgan fingerprint density at radius 1 is 0.548 bits per heavy atom. The van der Waals surface area contributed by atoms with Crippen molar-refractivity contribution in [2.45, 2.75) is 19.7 Å². The number of aromatic nitrogens is 1. The molecule has 0 atom stereocenters. The van der Waals surface area contributed by atoms with Gasteiger partial charge in [-0.3, -0.25) is 4.98 Å². The predicted molar refractivity (Wildman–Crippen MR) is 139 cm³/mol. The molecule has 0 radical (unpaired) electrons. The zero-order valence-electron chi connectivity index (χ0n) is 22.2. The standard InChI is InChI=1S/C18H15O9PS3.C5H5NS.Au.3Na/c19-29(20,21)16-7-1-4-13(10-16)28(14-5-2-8-17(11-14)30(22,23)24)15-6-3-9-18(12-15)31(25,26)27;7-5-3-1-2-4-6-5;;;;/h1-12H,(H,19,20,21)(H,22,23,24)(H,25,26,27);1-4H,(H,6,7);;;;/q;;4*+1/p-4. The first-order valence-corrected chi connectivity index (χ1v) is 16.2. The number of nitrogens with zero attached hydrogens (tertiary/aromatic N) is 1. The summed E-state index contributed by atoms with van der Waals surface area (Å²) in [6.45, 7) is 0. The van der Waals surface area contributed by atoms with Crippen molar-refractivity contribution < 1.29 is 150 Å². The van der Waals surface area contributed by atoms with Gasteiger partial charge in [-0.1, -0.05) is 53.6 Å². The Morgan fingerprint density at radius 2 is 0.881 bits per heavy atom. The molecule has 0 spiro atoms. The van der Waals surface area contributed by atoms with Crippen LogP contribution in [0.1, 0.15) is 0 Å². The van der Waals surface area contributed by atoms with Crippen molar-refractivity contribution >= 4 is 66.8 Å². The first kappa shape index (κ1) is 45.1. The van der Waals surface area contributed by atoms with Crippen LogP contribution in [0.2, 0.25) is 0 Å². The van der Waals surface area contributed by atoms with Crippen molar-refractivity contribution in [3.05, 3.63) is 97.2 Å². The third-order valence-electron chi connectivity index (χ3n) is 4.73. The van der Waals surface area contributed by atoms with Crippen LogP contribution >= 0.6 is 7.92 Å². The summed E-state index contributed by atoms with van der Waals surface area (Å²) in [5.74, 6) is 0. The Balaban J connectivity index is 0. The molecule has 4 aromatic rings. The van der Waals surface area contributed by atoms with Gasteiger partial charge in [-0.15, -0.1) is 0 Å². The zero-order chi connectivity index (χ0) is 28.1. The molecule has 210 valence electrons. The van der Waals surface area contributed by atoms with Crippen molar-refractivity contribution in [2.75, 3.05) is 0 Å². The van der Waals surface area contributed by atoms with E-state index < -0.39 is 53.0 Å². The van der Waals surface area contributed by atoms with Crippen LogP contribution in [0.15, 0.2) is 117 Å². The Morgan fingerprint density at radius 3 is 1.10 bits per heavy atom. The van der Waals surface area contributed by atoms with Crippen molar-refractivity contribution in [3.63, 3.8) is 0 Å². The van der Waals surface area contributed by atoms with Crippen LogP contribution in [0.3, 0.4) is 0 Å².